The molecule has 0 spiro atoms. The fourth-order valence-corrected chi connectivity index (χ4v) is 3.29. The Morgan fingerprint density at radius 1 is 1.17 bits per heavy atom. The Kier molecular flexibility index (Phi) is 7.03. The van der Waals surface area contributed by atoms with E-state index in [0.717, 1.165) is 11.1 Å². The smallest absolute Gasteiger partial charge is 0.318 e. The summed E-state index contributed by atoms with van der Waals surface area (Å²) in [6.45, 7) is 10.6. The van der Waals surface area contributed by atoms with E-state index in [1.54, 1.807) is 31.2 Å². The molecule has 162 valence electrons. The molecule has 2 aromatic rings. The molecule has 0 radical (unpaired) electrons. The number of amides is 1. The van der Waals surface area contributed by atoms with Crippen molar-refractivity contribution in [3.05, 3.63) is 46.0 Å². The number of hydrogen-bond acceptors (Lipinski definition) is 4. The number of phenols is 1. The predicted octanol–water partition coefficient (Wildman–Crippen LogP) is 6.02. The van der Waals surface area contributed by atoms with Gasteiger partial charge in [0.05, 0.1) is 5.02 Å². The van der Waals surface area contributed by atoms with Crippen LogP contribution in [-0.2, 0) is 9.59 Å². The van der Waals surface area contributed by atoms with Gasteiger partial charge >= 0.3 is 5.97 Å². The van der Waals surface area contributed by atoms with Crippen LogP contribution in [0.5, 0.6) is 17.2 Å². The first kappa shape index (κ1) is 23.5. The van der Waals surface area contributed by atoms with E-state index in [4.69, 9.17) is 16.3 Å². The lowest BCUT2D eigenvalue weighted by Gasteiger charge is -2.22. The molecular weight excluding hydrogens is 406 g/mol. The number of carbonyl (C=O) groups excluding carboxylic acids is 1. The quantitative estimate of drug-likeness (QED) is 0.464. The van der Waals surface area contributed by atoms with Crippen LogP contribution in [0.25, 0.3) is 0 Å². The standard InChI is InChI=1S/C23H28ClNO5/c1-7-23(6,22(28)29)21(27)25-15-8-13(4)20(14(5)9-15)30-16-10-17(12(2)3)19(26)18(24)11-16/h8-12,26H,7H2,1-6H3,(H,25,27)(H,28,29). The number of rotatable bonds is 7. The lowest BCUT2D eigenvalue weighted by molar-refractivity contribution is -0.152. The van der Waals surface area contributed by atoms with Gasteiger partial charge in [-0.3, -0.25) is 9.59 Å². The Hall–Kier alpha value is -2.73. The lowest BCUT2D eigenvalue weighted by atomic mass is 9.86. The summed E-state index contributed by atoms with van der Waals surface area (Å²) < 4.78 is 6.05. The second-order valence-electron chi connectivity index (χ2n) is 7.98. The molecule has 0 saturated heterocycles. The van der Waals surface area contributed by atoms with Crippen LogP contribution in [-0.4, -0.2) is 22.1 Å². The third-order valence-corrected chi connectivity index (χ3v) is 5.59. The third kappa shape index (κ3) is 4.70. The molecule has 0 aromatic heterocycles. The minimum absolute atomic E-state index is 0.0444. The number of aliphatic carboxylic acids is 1. The Labute approximate surface area is 181 Å². The maximum atomic E-state index is 12.5. The highest BCUT2D eigenvalue weighted by Gasteiger charge is 2.39. The van der Waals surface area contributed by atoms with E-state index < -0.39 is 17.3 Å². The van der Waals surface area contributed by atoms with Crippen molar-refractivity contribution in [3.63, 3.8) is 0 Å². The average molecular weight is 434 g/mol. The number of ether oxygens (including phenoxy) is 1. The molecule has 0 aliphatic heterocycles. The predicted molar refractivity (Wildman–Crippen MR) is 118 cm³/mol. The van der Waals surface area contributed by atoms with Gasteiger partial charge < -0.3 is 20.3 Å². The summed E-state index contributed by atoms with van der Waals surface area (Å²) in [6, 6.07) is 6.75. The van der Waals surface area contributed by atoms with Gasteiger partial charge in [-0.1, -0.05) is 32.4 Å². The second kappa shape index (κ2) is 8.96. The van der Waals surface area contributed by atoms with Crippen molar-refractivity contribution in [3.8, 4) is 17.2 Å². The number of carboxylic acid groups (broad SMARTS) is 1. The Balaban J connectivity index is 2.34. The fraction of sp³-hybridized carbons (Fsp3) is 0.391. The van der Waals surface area contributed by atoms with Crippen LogP contribution in [0.4, 0.5) is 5.69 Å². The molecule has 1 atom stereocenters. The number of aryl methyl sites for hydroxylation is 2. The molecular formula is C23H28ClNO5. The molecule has 3 N–H and O–H groups in total. The van der Waals surface area contributed by atoms with Crippen LogP contribution in [0.3, 0.4) is 0 Å². The monoisotopic (exact) mass is 433 g/mol. The van der Waals surface area contributed by atoms with Crippen LogP contribution < -0.4 is 10.1 Å². The molecule has 30 heavy (non-hydrogen) atoms. The first-order chi connectivity index (χ1) is 13.9. The number of aromatic hydroxyl groups is 1. The van der Waals surface area contributed by atoms with Crippen molar-refractivity contribution < 1.29 is 24.5 Å². The highest BCUT2D eigenvalue weighted by atomic mass is 35.5. The van der Waals surface area contributed by atoms with Gasteiger partial charge in [0, 0.05) is 17.3 Å². The van der Waals surface area contributed by atoms with Gasteiger partial charge in [-0.05, 0) is 62.4 Å². The molecule has 1 unspecified atom stereocenters. The number of hydrogen-bond donors (Lipinski definition) is 3. The van der Waals surface area contributed by atoms with E-state index in [1.807, 2.05) is 27.7 Å². The molecule has 0 heterocycles. The summed E-state index contributed by atoms with van der Waals surface area (Å²) in [4.78, 5) is 24.0. The number of anilines is 1. The molecule has 2 rings (SSSR count). The molecule has 0 aliphatic carbocycles. The van der Waals surface area contributed by atoms with Gasteiger partial charge in [0.15, 0.2) is 0 Å². The summed E-state index contributed by atoms with van der Waals surface area (Å²) >= 11 is 6.15. The van der Waals surface area contributed by atoms with Crippen molar-refractivity contribution >= 4 is 29.2 Å². The first-order valence-corrected chi connectivity index (χ1v) is 10.1. The summed E-state index contributed by atoms with van der Waals surface area (Å²) in [6.07, 6.45) is 0.174. The van der Waals surface area contributed by atoms with Crippen LogP contribution in [0.15, 0.2) is 24.3 Å². The van der Waals surface area contributed by atoms with Crippen molar-refractivity contribution in [2.45, 2.75) is 53.9 Å². The van der Waals surface area contributed by atoms with Crippen LogP contribution in [0.1, 0.15) is 56.7 Å². The zero-order valence-electron chi connectivity index (χ0n) is 18.1. The fourth-order valence-electron chi connectivity index (χ4n) is 3.07. The zero-order chi connectivity index (χ0) is 22.8. The van der Waals surface area contributed by atoms with Crippen molar-refractivity contribution in [2.24, 2.45) is 5.41 Å². The van der Waals surface area contributed by atoms with Gasteiger partial charge in [-0.2, -0.15) is 0 Å². The number of nitrogens with one attached hydrogen (secondary N) is 1. The minimum Gasteiger partial charge on any atom is -0.506 e. The zero-order valence-corrected chi connectivity index (χ0v) is 18.8. The normalized spacial score (nSPS) is 13.1. The van der Waals surface area contributed by atoms with Gasteiger partial charge in [0.25, 0.3) is 0 Å². The lowest BCUT2D eigenvalue weighted by Crippen LogP contribution is -2.40. The van der Waals surface area contributed by atoms with Crippen LogP contribution in [0, 0.1) is 19.3 Å². The average Bonchev–Trinajstić information content (AvgIpc) is 2.66. The minimum atomic E-state index is -1.51. The highest BCUT2D eigenvalue weighted by molar-refractivity contribution is 6.32. The van der Waals surface area contributed by atoms with E-state index >= 15 is 0 Å². The summed E-state index contributed by atoms with van der Waals surface area (Å²) in [5.74, 6) is -0.538. The van der Waals surface area contributed by atoms with Crippen molar-refractivity contribution in [1.82, 2.24) is 0 Å². The van der Waals surface area contributed by atoms with Gasteiger partial charge in [0.2, 0.25) is 5.91 Å². The molecule has 0 bridgehead atoms. The van der Waals surface area contributed by atoms with Crippen molar-refractivity contribution in [2.75, 3.05) is 5.32 Å². The van der Waals surface area contributed by atoms with E-state index in [2.05, 4.69) is 5.32 Å². The van der Waals surface area contributed by atoms with Crippen LogP contribution in [0.2, 0.25) is 5.02 Å². The number of carbonyl (C=O) groups is 2. The number of halogens is 1. The third-order valence-electron chi connectivity index (χ3n) is 5.31. The van der Waals surface area contributed by atoms with Gasteiger partial charge in [-0.25, -0.2) is 0 Å². The highest BCUT2D eigenvalue weighted by Crippen LogP contribution is 2.39. The van der Waals surface area contributed by atoms with Gasteiger partial charge in [-0.15, -0.1) is 0 Å². The molecule has 7 heteroatoms. The van der Waals surface area contributed by atoms with Crippen molar-refractivity contribution in [1.29, 1.82) is 0 Å². The summed E-state index contributed by atoms with van der Waals surface area (Å²) in [7, 11) is 0. The summed E-state index contributed by atoms with van der Waals surface area (Å²) in [5, 5.41) is 22.4. The Morgan fingerprint density at radius 2 is 1.73 bits per heavy atom. The maximum absolute atomic E-state index is 12.5. The summed E-state index contributed by atoms with van der Waals surface area (Å²) in [5.41, 5.74) is 1.19. The van der Waals surface area contributed by atoms with E-state index in [-0.39, 0.29) is 23.1 Å². The second-order valence-corrected chi connectivity index (χ2v) is 8.39. The van der Waals surface area contributed by atoms with E-state index in [9.17, 15) is 19.8 Å². The number of phenolic OH excluding ortho intramolecular Hbond substituents is 1. The molecule has 0 saturated carbocycles. The molecule has 1 amide bonds. The molecule has 6 nitrogen and oxygen atoms in total. The molecule has 0 fully saturated rings. The molecule has 2 aromatic carbocycles. The van der Waals surface area contributed by atoms with Crippen LogP contribution >= 0.6 is 11.6 Å². The topological polar surface area (TPSA) is 95.9 Å². The number of benzene rings is 2. The van der Waals surface area contributed by atoms with E-state index in [1.165, 1.54) is 6.92 Å². The number of carboxylic acids is 1. The first-order valence-electron chi connectivity index (χ1n) is 9.77. The largest absolute Gasteiger partial charge is 0.506 e. The SMILES string of the molecule is CCC(C)(C(=O)O)C(=O)Nc1cc(C)c(Oc2cc(Cl)c(O)c(C(C)C)c2)c(C)c1. The molecule has 0 aliphatic rings. The Morgan fingerprint density at radius 3 is 2.20 bits per heavy atom. The maximum Gasteiger partial charge on any atom is 0.318 e. The van der Waals surface area contributed by atoms with E-state index in [0.29, 0.717) is 22.7 Å². The van der Waals surface area contributed by atoms with Gasteiger partial charge in [0.1, 0.15) is 22.7 Å². The Bertz CT molecular complexity index is 963.